The van der Waals surface area contributed by atoms with Crippen LogP contribution in [0.1, 0.15) is 40.5 Å². The molecule has 0 spiro atoms. The van der Waals surface area contributed by atoms with Crippen LogP contribution in [0.3, 0.4) is 0 Å². The standard InChI is InChI=1S/C15H33N3/c1-6-18-10-7-8-15(12-18)14(4)16-9-11-17(5)13(2)3/h13-16H,6-12H2,1-5H3. The van der Waals surface area contributed by atoms with E-state index < -0.39 is 0 Å². The van der Waals surface area contributed by atoms with Crippen LogP contribution < -0.4 is 5.32 Å². The van der Waals surface area contributed by atoms with E-state index in [1.54, 1.807) is 0 Å². The van der Waals surface area contributed by atoms with Crippen molar-refractivity contribution in [3.05, 3.63) is 0 Å². The van der Waals surface area contributed by atoms with Gasteiger partial charge in [0.05, 0.1) is 0 Å². The third-order valence-electron chi connectivity index (χ3n) is 4.51. The summed E-state index contributed by atoms with van der Waals surface area (Å²) in [6.45, 7) is 15.2. The number of piperidine rings is 1. The van der Waals surface area contributed by atoms with Gasteiger partial charge < -0.3 is 15.1 Å². The van der Waals surface area contributed by atoms with Gasteiger partial charge in [-0.15, -0.1) is 0 Å². The zero-order chi connectivity index (χ0) is 13.5. The highest BCUT2D eigenvalue weighted by Gasteiger charge is 2.23. The van der Waals surface area contributed by atoms with Gasteiger partial charge in [-0.2, -0.15) is 0 Å². The Hall–Kier alpha value is -0.120. The van der Waals surface area contributed by atoms with E-state index in [1.165, 1.54) is 32.5 Å². The smallest absolute Gasteiger partial charge is 0.0107 e. The Morgan fingerprint density at radius 1 is 1.33 bits per heavy atom. The third kappa shape index (κ3) is 5.25. The van der Waals surface area contributed by atoms with Gasteiger partial charge in [0, 0.05) is 31.7 Å². The molecule has 1 saturated heterocycles. The molecule has 2 unspecified atom stereocenters. The minimum absolute atomic E-state index is 0.646. The average molecular weight is 255 g/mol. The zero-order valence-electron chi connectivity index (χ0n) is 13.1. The second-order valence-corrected chi connectivity index (χ2v) is 6.11. The van der Waals surface area contributed by atoms with E-state index in [2.05, 4.69) is 49.9 Å². The molecule has 0 aliphatic carbocycles. The second-order valence-electron chi connectivity index (χ2n) is 6.11. The minimum Gasteiger partial charge on any atom is -0.313 e. The fraction of sp³-hybridized carbons (Fsp3) is 1.00. The number of rotatable bonds is 7. The van der Waals surface area contributed by atoms with Gasteiger partial charge in [0.2, 0.25) is 0 Å². The van der Waals surface area contributed by atoms with Gasteiger partial charge in [0.25, 0.3) is 0 Å². The number of nitrogens with zero attached hydrogens (tertiary/aromatic N) is 2. The molecule has 0 radical (unpaired) electrons. The first-order chi connectivity index (χ1) is 8.54. The van der Waals surface area contributed by atoms with Gasteiger partial charge in [-0.3, -0.25) is 0 Å². The maximum absolute atomic E-state index is 3.71. The van der Waals surface area contributed by atoms with Crippen molar-refractivity contribution in [3.8, 4) is 0 Å². The Morgan fingerprint density at radius 2 is 2.06 bits per heavy atom. The first-order valence-corrected chi connectivity index (χ1v) is 7.70. The fourth-order valence-electron chi connectivity index (χ4n) is 2.68. The molecular formula is C15H33N3. The van der Waals surface area contributed by atoms with Crippen LogP contribution in [0, 0.1) is 5.92 Å². The molecule has 1 aliphatic rings. The van der Waals surface area contributed by atoms with Gasteiger partial charge >= 0.3 is 0 Å². The minimum atomic E-state index is 0.646. The van der Waals surface area contributed by atoms with Crippen LogP contribution in [-0.2, 0) is 0 Å². The normalized spacial score (nSPS) is 23.8. The summed E-state index contributed by atoms with van der Waals surface area (Å²) in [7, 11) is 2.20. The highest BCUT2D eigenvalue weighted by Crippen LogP contribution is 2.19. The molecule has 0 saturated carbocycles. The van der Waals surface area contributed by atoms with E-state index in [-0.39, 0.29) is 0 Å². The molecule has 1 aliphatic heterocycles. The first kappa shape index (κ1) is 15.9. The van der Waals surface area contributed by atoms with Crippen LogP contribution in [0.5, 0.6) is 0 Å². The summed E-state index contributed by atoms with van der Waals surface area (Å²) in [6, 6.07) is 1.30. The highest BCUT2D eigenvalue weighted by molar-refractivity contribution is 4.80. The van der Waals surface area contributed by atoms with Crippen LogP contribution >= 0.6 is 0 Å². The molecule has 0 aromatic rings. The summed E-state index contributed by atoms with van der Waals surface area (Å²) in [5, 5.41) is 3.71. The molecule has 1 N–H and O–H groups in total. The van der Waals surface area contributed by atoms with Crippen LogP contribution in [0.15, 0.2) is 0 Å². The average Bonchev–Trinajstić information content (AvgIpc) is 2.38. The molecule has 0 aromatic heterocycles. The van der Waals surface area contributed by atoms with Crippen LogP contribution in [0.2, 0.25) is 0 Å². The molecule has 0 bridgehead atoms. The summed E-state index contributed by atoms with van der Waals surface area (Å²) in [6.07, 6.45) is 2.76. The van der Waals surface area contributed by atoms with Crippen LogP contribution in [-0.4, -0.2) is 61.7 Å². The topological polar surface area (TPSA) is 18.5 Å². The molecule has 1 rings (SSSR count). The van der Waals surface area contributed by atoms with Crippen LogP contribution in [0.25, 0.3) is 0 Å². The van der Waals surface area contributed by atoms with Crippen molar-refractivity contribution >= 4 is 0 Å². The van der Waals surface area contributed by atoms with Gasteiger partial charge in [-0.05, 0) is 59.7 Å². The monoisotopic (exact) mass is 255 g/mol. The quantitative estimate of drug-likeness (QED) is 0.751. The molecule has 108 valence electrons. The van der Waals surface area contributed by atoms with Gasteiger partial charge in [0.15, 0.2) is 0 Å². The van der Waals surface area contributed by atoms with Crippen molar-refractivity contribution in [1.29, 1.82) is 0 Å². The Labute approximate surface area is 114 Å². The number of likely N-dealkylation sites (N-methyl/N-ethyl adjacent to an activating group) is 1. The number of nitrogens with one attached hydrogen (secondary N) is 1. The van der Waals surface area contributed by atoms with E-state index in [4.69, 9.17) is 0 Å². The Bertz CT molecular complexity index is 218. The summed E-state index contributed by atoms with van der Waals surface area (Å²) in [5.41, 5.74) is 0. The zero-order valence-corrected chi connectivity index (χ0v) is 13.1. The lowest BCUT2D eigenvalue weighted by molar-refractivity contribution is 0.155. The lowest BCUT2D eigenvalue weighted by Gasteiger charge is -2.35. The Kier molecular flexibility index (Phi) is 7.20. The Morgan fingerprint density at radius 3 is 2.67 bits per heavy atom. The third-order valence-corrected chi connectivity index (χ3v) is 4.51. The number of likely N-dealkylation sites (tertiary alicyclic amines) is 1. The predicted molar refractivity (Wildman–Crippen MR) is 80.1 cm³/mol. The molecule has 3 heteroatoms. The van der Waals surface area contributed by atoms with Crippen molar-refractivity contribution in [3.63, 3.8) is 0 Å². The van der Waals surface area contributed by atoms with E-state index in [0.29, 0.717) is 12.1 Å². The highest BCUT2D eigenvalue weighted by atomic mass is 15.1. The molecule has 3 nitrogen and oxygen atoms in total. The van der Waals surface area contributed by atoms with Gasteiger partial charge in [-0.25, -0.2) is 0 Å². The predicted octanol–water partition coefficient (Wildman–Crippen LogP) is 2.04. The van der Waals surface area contributed by atoms with Gasteiger partial charge in [0.1, 0.15) is 0 Å². The molecule has 0 amide bonds. The largest absolute Gasteiger partial charge is 0.313 e. The molecule has 0 aromatic carbocycles. The lowest BCUT2D eigenvalue weighted by Crippen LogP contribution is -2.46. The molecule has 18 heavy (non-hydrogen) atoms. The van der Waals surface area contributed by atoms with Crippen molar-refractivity contribution in [1.82, 2.24) is 15.1 Å². The Balaban J connectivity index is 2.21. The summed E-state index contributed by atoms with van der Waals surface area (Å²) >= 11 is 0. The maximum atomic E-state index is 3.71. The second kappa shape index (κ2) is 8.13. The van der Waals surface area contributed by atoms with Crippen molar-refractivity contribution in [2.45, 2.75) is 52.6 Å². The maximum Gasteiger partial charge on any atom is 0.0107 e. The van der Waals surface area contributed by atoms with E-state index in [9.17, 15) is 0 Å². The molecule has 1 fully saturated rings. The van der Waals surface area contributed by atoms with Crippen molar-refractivity contribution in [2.75, 3.05) is 39.8 Å². The first-order valence-electron chi connectivity index (χ1n) is 7.70. The molecule has 1 heterocycles. The lowest BCUT2D eigenvalue weighted by atomic mass is 9.91. The number of hydrogen-bond acceptors (Lipinski definition) is 3. The van der Waals surface area contributed by atoms with Crippen LogP contribution in [0.4, 0.5) is 0 Å². The number of hydrogen-bond donors (Lipinski definition) is 1. The van der Waals surface area contributed by atoms with Crippen molar-refractivity contribution in [2.24, 2.45) is 5.92 Å². The van der Waals surface area contributed by atoms with E-state index >= 15 is 0 Å². The summed E-state index contributed by atoms with van der Waals surface area (Å²) in [5.74, 6) is 0.836. The summed E-state index contributed by atoms with van der Waals surface area (Å²) in [4.78, 5) is 4.99. The van der Waals surface area contributed by atoms with E-state index in [0.717, 1.165) is 19.0 Å². The fourth-order valence-corrected chi connectivity index (χ4v) is 2.68. The summed E-state index contributed by atoms with van der Waals surface area (Å²) < 4.78 is 0. The van der Waals surface area contributed by atoms with Gasteiger partial charge in [-0.1, -0.05) is 6.92 Å². The molecule has 2 atom stereocenters. The van der Waals surface area contributed by atoms with Crippen molar-refractivity contribution < 1.29 is 0 Å². The molecular weight excluding hydrogens is 222 g/mol. The SMILES string of the molecule is CCN1CCCC(C(C)NCCN(C)C(C)C)C1. The van der Waals surface area contributed by atoms with E-state index in [1.807, 2.05) is 0 Å².